The van der Waals surface area contributed by atoms with Crippen molar-refractivity contribution in [3.63, 3.8) is 0 Å². The van der Waals surface area contributed by atoms with Gasteiger partial charge in [0, 0.05) is 39.4 Å². The number of piperidine rings is 1. The highest BCUT2D eigenvalue weighted by Gasteiger charge is 2.24. The second kappa shape index (κ2) is 9.69. The number of hydrogen-bond donors (Lipinski definition) is 2. The maximum absolute atomic E-state index is 12.6. The predicted molar refractivity (Wildman–Crippen MR) is 110 cm³/mol. The summed E-state index contributed by atoms with van der Waals surface area (Å²) in [5.41, 5.74) is 0.769. The Morgan fingerprint density at radius 2 is 2.00 bits per heavy atom. The van der Waals surface area contributed by atoms with Crippen molar-refractivity contribution in [1.29, 1.82) is 0 Å². The number of likely N-dealkylation sites (N-methyl/N-ethyl adjacent to an activating group) is 1. The van der Waals surface area contributed by atoms with Crippen molar-refractivity contribution >= 4 is 17.6 Å². The van der Waals surface area contributed by atoms with E-state index in [9.17, 15) is 9.59 Å². The molecule has 3 rings (SSSR count). The summed E-state index contributed by atoms with van der Waals surface area (Å²) in [5, 5.41) is 14.6. The summed E-state index contributed by atoms with van der Waals surface area (Å²) in [6.07, 6.45) is 5.29. The molecule has 2 aromatic rings. The van der Waals surface area contributed by atoms with E-state index in [1.807, 2.05) is 28.8 Å². The molecule has 1 unspecified atom stereocenters. The Morgan fingerprint density at radius 3 is 2.69 bits per heavy atom. The van der Waals surface area contributed by atoms with E-state index in [4.69, 9.17) is 0 Å². The number of fused-ring (bicyclic) bond motifs is 1. The van der Waals surface area contributed by atoms with Gasteiger partial charge in [-0.3, -0.25) is 14.1 Å². The van der Waals surface area contributed by atoms with Crippen LogP contribution in [0.4, 0.5) is 4.79 Å². The van der Waals surface area contributed by atoms with Crippen molar-refractivity contribution < 1.29 is 9.59 Å². The molecule has 2 aromatic heterocycles. The lowest BCUT2D eigenvalue weighted by Gasteiger charge is -2.32. The van der Waals surface area contributed by atoms with Crippen molar-refractivity contribution in [3.05, 3.63) is 30.2 Å². The van der Waals surface area contributed by atoms with E-state index in [1.54, 1.807) is 19.0 Å². The van der Waals surface area contributed by atoms with Gasteiger partial charge in [-0.2, -0.15) is 0 Å². The molecular formula is C20H31N7O2. The molecule has 158 valence electrons. The van der Waals surface area contributed by atoms with Gasteiger partial charge in [0.2, 0.25) is 5.91 Å². The number of carbonyl (C=O) groups is 2. The molecule has 1 saturated heterocycles. The first-order valence-corrected chi connectivity index (χ1v) is 10.3. The van der Waals surface area contributed by atoms with Crippen LogP contribution < -0.4 is 10.6 Å². The van der Waals surface area contributed by atoms with E-state index in [0.717, 1.165) is 50.2 Å². The smallest absolute Gasteiger partial charge is 0.315 e. The van der Waals surface area contributed by atoms with Gasteiger partial charge in [-0.15, -0.1) is 10.2 Å². The zero-order valence-electron chi connectivity index (χ0n) is 17.5. The number of hydrogen-bond acceptors (Lipinski definition) is 5. The van der Waals surface area contributed by atoms with Crippen LogP contribution >= 0.6 is 0 Å². The lowest BCUT2D eigenvalue weighted by Crippen LogP contribution is -2.50. The number of aromatic nitrogens is 3. The Bertz CT molecular complexity index is 827. The number of urea groups is 1. The van der Waals surface area contributed by atoms with Crippen LogP contribution in [0.15, 0.2) is 24.4 Å². The molecule has 0 aromatic carbocycles. The van der Waals surface area contributed by atoms with Crippen LogP contribution in [0.2, 0.25) is 0 Å². The average Bonchev–Trinajstić information content (AvgIpc) is 3.13. The Balaban J connectivity index is 1.53. The average molecular weight is 402 g/mol. The summed E-state index contributed by atoms with van der Waals surface area (Å²) in [7, 11) is 3.54. The summed E-state index contributed by atoms with van der Waals surface area (Å²) in [6, 6.07) is 5.47. The third kappa shape index (κ3) is 5.44. The highest BCUT2D eigenvalue weighted by atomic mass is 16.2. The zero-order chi connectivity index (χ0) is 20.8. The van der Waals surface area contributed by atoms with Crippen LogP contribution in [0.3, 0.4) is 0 Å². The predicted octanol–water partition coefficient (Wildman–Crippen LogP) is 1.42. The molecule has 3 heterocycles. The third-order valence-electron chi connectivity index (χ3n) is 5.31. The quantitative estimate of drug-likeness (QED) is 0.732. The van der Waals surface area contributed by atoms with Gasteiger partial charge in [0.25, 0.3) is 0 Å². The van der Waals surface area contributed by atoms with Crippen molar-refractivity contribution in [2.45, 2.75) is 44.7 Å². The van der Waals surface area contributed by atoms with Gasteiger partial charge in [-0.1, -0.05) is 19.4 Å². The standard InChI is InChI=1S/C20H31N7O2/c1-4-7-16(19-24-23-17-8-5-6-11-27(17)19)22-20(29)21-15-9-12-26(13-10-15)14-18(28)25(2)3/h5-6,8,11,15-16H,4,7,9-10,12-14H2,1-3H3,(H2,21,22,29). The van der Waals surface area contributed by atoms with E-state index in [2.05, 4.69) is 32.7 Å². The number of pyridine rings is 1. The summed E-state index contributed by atoms with van der Waals surface area (Å²) >= 11 is 0. The molecule has 0 bridgehead atoms. The van der Waals surface area contributed by atoms with Crippen LogP contribution in [-0.4, -0.2) is 76.1 Å². The molecule has 1 aliphatic heterocycles. The molecule has 1 atom stereocenters. The first-order chi connectivity index (χ1) is 14.0. The van der Waals surface area contributed by atoms with E-state index >= 15 is 0 Å². The van der Waals surface area contributed by atoms with Crippen molar-refractivity contribution in [2.75, 3.05) is 33.7 Å². The second-order valence-corrected chi connectivity index (χ2v) is 7.78. The van der Waals surface area contributed by atoms with E-state index < -0.39 is 0 Å². The summed E-state index contributed by atoms with van der Waals surface area (Å²) < 4.78 is 1.92. The van der Waals surface area contributed by atoms with Gasteiger partial charge in [0.15, 0.2) is 11.5 Å². The lowest BCUT2D eigenvalue weighted by molar-refractivity contribution is -0.130. The summed E-state index contributed by atoms with van der Waals surface area (Å²) in [5.74, 6) is 0.853. The molecule has 1 aliphatic rings. The lowest BCUT2D eigenvalue weighted by atomic mass is 10.1. The topological polar surface area (TPSA) is 94.9 Å². The Kier molecular flexibility index (Phi) is 7.03. The highest BCUT2D eigenvalue weighted by Crippen LogP contribution is 2.18. The third-order valence-corrected chi connectivity index (χ3v) is 5.31. The molecule has 2 N–H and O–H groups in total. The van der Waals surface area contributed by atoms with Gasteiger partial charge in [-0.25, -0.2) is 4.79 Å². The number of amides is 3. The molecule has 1 fully saturated rings. The largest absolute Gasteiger partial charge is 0.348 e. The number of likely N-dealkylation sites (tertiary alicyclic amines) is 1. The zero-order valence-corrected chi connectivity index (χ0v) is 17.5. The van der Waals surface area contributed by atoms with Crippen molar-refractivity contribution in [3.8, 4) is 0 Å². The summed E-state index contributed by atoms with van der Waals surface area (Å²) in [4.78, 5) is 28.2. The van der Waals surface area contributed by atoms with E-state index in [-0.39, 0.29) is 24.0 Å². The van der Waals surface area contributed by atoms with Crippen molar-refractivity contribution in [1.82, 2.24) is 35.0 Å². The molecule has 0 aliphatic carbocycles. The van der Waals surface area contributed by atoms with Gasteiger partial charge >= 0.3 is 6.03 Å². The monoisotopic (exact) mass is 401 g/mol. The number of carbonyl (C=O) groups excluding carboxylic acids is 2. The fraction of sp³-hybridized carbons (Fsp3) is 0.600. The maximum atomic E-state index is 12.6. The van der Waals surface area contributed by atoms with E-state index in [1.165, 1.54) is 0 Å². The van der Waals surface area contributed by atoms with Crippen LogP contribution in [0.1, 0.15) is 44.5 Å². The first kappa shape index (κ1) is 21.0. The Hall–Kier alpha value is -2.68. The van der Waals surface area contributed by atoms with Crippen LogP contribution in [0.5, 0.6) is 0 Å². The first-order valence-electron chi connectivity index (χ1n) is 10.3. The van der Waals surface area contributed by atoms with Gasteiger partial charge in [0.05, 0.1) is 12.6 Å². The van der Waals surface area contributed by atoms with Crippen LogP contribution in [0, 0.1) is 0 Å². The number of nitrogens with one attached hydrogen (secondary N) is 2. The molecule has 0 spiro atoms. The molecule has 29 heavy (non-hydrogen) atoms. The molecular weight excluding hydrogens is 370 g/mol. The van der Waals surface area contributed by atoms with Crippen molar-refractivity contribution in [2.24, 2.45) is 0 Å². The Morgan fingerprint density at radius 1 is 1.24 bits per heavy atom. The molecule has 0 saturated carbocycles. The maximum Gasteiger partial charge on any atom is 0.315 e. The highest BCUT2D eigenvalue weighted by molar-refractivity contribution is 5.77. The minimum absolute atomic E-state index is 0.108. The fourth-order valence-corrected chi connectivity index (χ4v) is 3.61. The number of rotatable bonds is 7. The minimum Gasteiger partial charge on any atom is -0.348 e. The van der Waals surface area contributed by atoms with Gasteiger partial charge < -0.3 is 15.5 Å². The number of nitrogens with zero attached hydrogens (tertiary/aromatic N) is 5. The molecule has 9 heteroatoms. The van der Waals surface area contributed by atoms with Crippen LogP contribution in [-0.2, 0) is 4.79 Å². The molecule has 9 nitrogen and oxygen atoms in total. The normalized spacial score (nSPS) is 16.5. The Labute approximate surface area is 171 Å². The van der Waals surface area contributed by atoms with Gasteiger partial charge in [0.1, 0.15) is 0 Å². The summed E-state index contributed by atoms with van der Waals surface area (Å²) in [6.45, 7) is 4.13. The second-order valence-electron chi connectivity index (χ2n) is 7.78. The fourth-order valence-electron chi connectivity index (χ4n) is 3.61. The van der Waals surface area contributed by atoms with Crippen LogP contribution in [0.25, 0.3) is 5.65 Å². The molecule has 0 radical (unpaired) electrons. The molecule has 3 amide bonds. The minimum atomic E-state index is -0.199. The van der Waals surface area contributed by atoms with E-state index in [0.29, 0.717) is 6.54 Å². The SMILES string of the molecule is CCCC(NC(=O)NC1CCN(CC(=O)N(C)C)CC1)c1nnc2ccccn12. The van der Waals surface area contributed by atoms with Gasteiger partial charge in [-0.05, 0) is 31.4 Å².